The normalized spacial score (nSPS) is 10.8. The van der Waals surface area contributed by atoms with Gasteiger partial charge in [-0.2, -0.15) is 0 Å². The van der Waals surface area contributed by atoms with Gasteiger partial charge in [-0.3, -0.25) is 9.59 Å². The summed E-state index contributed by atoms with van der Waals surface area (Å²) in [7, 11) is 0. The van der Waals surface area contributed by atoms with E-state index in [-0.39, 0.29) is 19.0 Å². The van der Waals surface area contributed by atoms with Gasteiger partial charge in [0.2, 0.25) is 5.91 Å². The monoisotopic (exact) mass is 411 g/mol. The van der Waals surface area contributed by atoms with E-state index in [1.807, 2.05) is 38.1 Å². The highest BCUT2D eigenvalue weighted by atomic mass is 16.6. The molecule has 0 spiro atoms. The highest BCUT2D eigenvalue weighted by Gasteiger charge is 2.17. The predicted molar refractivity (Wildman–Crippen MR) is 116 cm³/mol. The summed E-state index contributed by atoms with van der Waals surface area (Å²) in [6, 6.07) is 12.7. The van der Waals surface area contributed by atoms with Gasteiger partial charge in [0.1, 0.15) is 12.1 Å². The molecule has 3 amide bonds. The Kier molecular flexibility index (Phi) is 7.58. The summed E-state index contributed by atoms with van der Waals surface area (Å²) in [5, 5.41) is 8.04. The lowest BCUT2D eigenvalue weighted by molar-refractivity contribution is -0.115. The van der Waals surface area contributed by atoms with Gasteiger partial charge in [0.15, 0.2) is 0 Å². The first-order valence-electron chi connectivity index (χ1n) is 9.75. The molecule has 0 saturated carbocycles. The van der Waals surface area contributed by atoms with Crippen molar-refractivity contribution >= 4 is 23.6 Å². The van der Waals surface area contributed by atoms with Crippen LogP contribution in [0.3, 0.4) is 0 Å². The molecule has 0 aliphatic heterocycles. The topological polar surface area (TPSA) is 96.5 Å². The molecule has 0 heterocycles. The van der Waals surface area contributed by atoms with Gasteiger partial charge in [0.05, 0.1) is 0 Å². The Labute approximate surface area is 177 Å². The van der Waals surface area contributed by atoms with Crippen LogP contribution in [0.15, 0.2) is 42.5 Å². The van der Waals surface area contributed by atoms with E-state index in [4.69, 9.17) is 4.74 Å². The van der Waals surface area contributed by atoms with Gasteiger partial charge in [-0.25, -0.2) is 4.79 Å². The Morgan fingerprint density at radius 3 is 2.30 bits per heavy atom. The Morgan fingerprint density at radius 1 is 0.933 bits per heavy atom. The molecule has 2 aromatic rings. The van der Waals surface area contributed by atoms with Crippen LogP contribution in [0.5, 0.6) is 0 Å². The van der Waals surface area contributed by atoms with E-state index in [1.165, 1.54) is 0 Å². The van der Waals surface area contributed by atoms with E-state index in [0.717, 1.165) is 16.7 Å². The number of aryl methyl sites for hydroxylation is 2. The summed E-state index contributed by atoms with van der Waals surface area (Å²) in [5.41, 5.74) is 3.43. The third-order valence-electron chi connectivity index (χ3n) is 4.29. The summed E-state index contributed by atoms with van der Waals surface area (Å²) in [6.07, 6.45) is -0.661. The summed E-state index contributed by atoms with van der Waals surface area (Å²) in [5.74, 6) is -0.584. The number of benzene rings is 2. The molecule has 7 nitrogen and oxygen atoms in total. The second kappa shape index (κ2) is 9.91. The number of ether oxygens (including phenoxy) is 1. The molecule has 0 radical (unpaired) electrons. The van der Waals surface area contributed by atoms with Crippen molar-refractivity contribution in [2.75, 3.05) is 11.9 Å². The summed E-state index contributed by atoms with van der Waals surface area (Å²) >= 11 is 0. The Bertz CT molecular complexity index is 932. The summed E-state index contributed by atoms with van der Waals surface area (Å²) in [4.78, 5) is 36.3. The standard InChI is InChI=1S/C23H29N3O4/c1-15-10-11-17(12-16(15)2)21(28)24-13-18-8-6-7-9-19(18)26-20(27)14-25-22(29)30-23(3,4)5/h6-12H,13-14H2,1-5H3,(H,24,28)(H,25,29)(H,26,27). The molecule has 2 rings (SSSR count). The quantitative estimate of drug-likeness (QED) is 0.675. The number of nitrogens with one attached hydrogen (secondary N) is 3. The number of carbonyl (C=O) groups is 3. The van der Waals surface area contributed by atoms with Gasteiger partial charge in [0, 0.05) is 17.8 Å². The van der Waals surface area contributed by atoms with Crippen LogP contribution in [-0.2, 0) is 16.1 Å². The Balaban J connectivity index is 1.93. The molecule has 7 heteroatoms. The lowest BCUT2D eigenvalue weighted by atomic mass is 10.1. The average Bonchev–Trinajstić information content (AvgIpc) is 2.66. The second-order valence-corrected chi connectivity index (χ2v) is 8.04. The number of rotatable bonds is 6. The van der Waals surface area contributed by atoms with E-state index < -0.39 is 17.6 Å². The van der Waals surface area contributed by atoms with Crippen LogP contribution in [0, 0.1) is 13.8 Å². The fourth-order valence-electron chi connectivity index (χ4n) is 2.62. The summed E-state index contributed by atoms with van der Waals surface area (Å²) < 4.78 is 5.11. The van der Waals surface area contributed by atoms with Crippen molar-refractivity contribution in [3.8, 4) is 0 Å². The van der Waals surface area contributed by atoms with Gasteiger partial charge in [-0.05, 0) is 69.5 Å². The van der Waals surface area contributed by atoms with E-state index in [9.17, 15) is 14.4 Å². The maximum absolute atomic E-state index is 12.4. The second-order valence-electron chi connectivity index (χ2n) is 8.04. The molecule has 0 bridgehead atoms. The van der Waals surface area contributed by atoms with Crippen LogP contribution in [-0.4, -0.2) is 30.1 Å². The largest absolute Gasteiger partial charge is 0.444 e. The first-order valence-corrected chi connectivity index (χ1v) is 9.75. The zero-order chi connectivity index (χ0) is 22.3. The van der Waals surface area contributed by atoms with Gasteiger partial charge < -0.3 is 20.7 Å². The van der Waals surface area contributed by atoms with Crippen LogP contribution < -0.4 is 16.0 Å². The minimum absolute atomic E-state index is 0.189. The lowest BCUT2D eigenvalue weighted by Crippen LogP contribution is -2.37. The van der Waals surface area contributed by atoms with Crippen molar-refractivity contribution in [2.24, 2.45) is 0 Å². The van der Waals surface area contributed by atoms with Crippen LogP contribution in [0.4, 0.5) is 10.5 Å². The molecule has 0 aromatic heterocycles. The first-order chi connectivity index (χ1) is 14.0. The molecule has 2 aromatic carbocycles. The van der Waals surface area contributed by atoms with Gasteiger partial charge in [-0.1, -0.05) is 24.3 Å². The smallest absolute Gasteiger partial charge is 0.408 e. The number of alkyl carbamates (subject to hydrolysis) is 1. The van der Waals surface area contributed by atoms with Gasteiger partial charge >= 0.3 is 6.09 Å². The van der Waals surface area contributed by atoms with Gasteiger partial charge in [-0.15, -0.1) is 0 Å². The molecular weight excluding hydrogens is 382 g/mol. The minimum atomic E-state index is -0.661. The maximum Gasteiger partial charge on any atom is 0.408 e. The molecular formula is C23H29N3O4. The molecule has 160 valence electrons. The molecule has 3 N–H and O–H groups in total. The summed E-state index contributed by atoms with van der Waals surface area (Å²) in [6.45, 7) is 9.22. The van der Waals surface area contributed by atoms with E-state index in [2.05, 4.69) is 16.0 Å². The number of hydrogen-bond acceptors (Lipinski definition) is 4. The average molecular weight is 412 g/mol. The molecule has 0 aliphatic carbocycles. The van der Waals surface area contributed by atoms with Crippen LogP contribution in [0.2, 0.25) is 0 Å². The number of anilines is 1. The highest BCUT2D eigenvalue weighted by molar-refractivity contribution is 5.96. The molecule has 0 saturated heterocycles. The fraction of sp³-hybridized carbons (Fsp3) is 0.348. The third kappa shape index (κ3) is 7.24. The Morgan fingerprint density at radius 2 is 1.63 bits per heavy atom. The Hall–Kier alpha value is -3.35. The van der Waals surface area contributed by atoms with Crippen molar-refractivity contribution < 1.29 is 19.1 Å². The van der Waals surface area contributed by atoms with Crippen LogP contribution in [0.25, 0.3) is 0 Å². The van der Waals surface area contributed by atoms with Crippen molar-refractivity contribution in [1.29, 1.82) is 0 Å². The lowest BCUT2D eigenvalue weighted by Gasteiger charge is -2.19. The highest BCUT2D eigenvalue weighted by Crippen LogP contribution is 2.15. The van der Waals surface area contributed by atoms with Crippen molar-refractivity contribution in [3.05, 3.63) is 64.7 Å². The van der Waals surface area contributed by atoms with Crippen molar-refractivity contribution in [2.45, 2.75) is 46.8 Å². The zero-order valence-electron chi connectivity index (χ0n) is 18.1. The van der Waals surface area contributed by atoms with E-state index >= 15 is 0 Å². The van der Waals surface area contributed by atoms with Crippen molar-refractivity contribution in [1.82, 2.24) is 10.6 Å². The van der Waals surface area contributed by atoms with Crippen LogP contribution in [0.1, 0.15) is 47.8 Å². The zero-order valence-corrected chi connectivity index (χ0v) is 18.1. The number of amides is 3. The molecule has 0 atom stereocenters. The maximum atomic E-state index is 12.4. The SMILES string of the molecule is Cc1ccc(C(=O)NCc2ccccc2NC(=O)CNC(=O)OC(C)(C)C)cc1C. The molecule has 0 aliphatic rings. The van der Waals surface area contributed by atoms with Crippen LogP contribution >= 0.6 is 0 Å². The molecule has 30 heavy (non-hydrogen) atoms. The van der Waals surface area contributed by atoms with Crippen molar-refractivity contribution in [3.63, 3.8) is 0 Å². The molecule has 0 fully saturated rings. The fourth-order valence-corrected chi connectivity index (χ4v) is 2.62. The third-order valence-corrected chi connectivity index (χ3v) is 4.29. The minimum Gasteiger partial charge on any atom is -0.444 e. The number of carbonyl (C=O) groups excluding carboxylic acids is 3. The number of hydrogen-bond donors (Lipinski definition) is 3. The number of para-hydroxylation sites is 1. The predicted octanol–water partition coefficient (Wildman–Crippen LogP) is 3.70. The first kappa shape index (κ1) is 22.9. The van der Waals surface area contributed by atoms with E-state index in [1.54, 1.807) is 39.0 Å². The van der Waals surface area contributed by atoms with E-state index in [0.29, 0.717) is 11.3 Å². The molecule has 0 unspecified atom stereocenters. The van der Waals surface area contributed by atoms with Gasteiger partial charge in [0.25, 0.3) is 5.91 Å².